The van der Waals surface area contributed by atoms with Crippen molar-refractivity contribution in [3.05, 3.63) is 60.5 Å². The second-order valence-electron chi connectivity index (χ2n) is 3.24. The Kier molecular flexibility index (Phi) is 6.60. The summed E-state index contributed by atoms with van der Waals surface area (Å²) < 4.78 is 0. The molecular weight excluding hydrogens is 202 g/mol. The van der Waals surface area contributed by atoms with Crippen LogP contribution in [-0.4, -0.2) is 11.7 Å². The lowest BCUT2D eigenvalue weighted by Gasteiger charge is -1.97. The highest BCUT2D eigenvalue weighted by molar-refractivity contribution is 5.14. The molecule has 1 heterocycles. The summed E-state index contributed by atoms with van der Waals surface area (Å²) in [6.07, 6.45) is 8.78. The molecule has 0 bridgehead atoms. The van der Waals surface area contributed by atoms with Crippen molar-refractivity contribution < 1.29 is 9.94 Å². The van der Waals surface area contributed by atoms with Crippen LogP contribution in [-0.2, 0) is 11.3 Å². The molecule has 0 amide bonds. The fraction of sp³-hybridized carbons (Fsp3) is 0.231. The van der Waals surface area contributed by atoms with E-state index >= 15 is 0 Å². The molecule has 0 aromatic heterocycles. The van der Waals surface area contributed by atoms with E-state index in [1.165, 1.54) is 5.56 Å². The number of hydroxylamine groups is 1. The first-order chi connectivity index (χ1) is 7.93. The molecule has 1 aromatic carbocycles. The van der Waals surface area contributed by atoms with E-state index in [1.54, 1.807) is 18.5 Å². The van der Waals surface area contributed by atoms with Gasteiger partial charge < -0.3 is 9.94 Å². The van der Waals surface area contributed by atoms with E-state index in [4.69, 9.17) is 5.11 Å². The zero-order valence-electron chi connectivity index (χ0n) is 9.17. The largest absolute Gasteiger partial charge is 0.396 e. The predicted molar refractivity (Wildman–Crippen MR) is 64.3 cm³/mol. The molecule has 86 valence electrons. The van der Waals surface area contributed by atoms with Gasteiger partial charge in [-0.05, 0) is 30.6 Å². The van der Waals surface area contributed by atoms with E-state index in [2.05, 4.69) is 22.5 Å². The summed E-state index contributed by atoms with van der Waals surface area (Å²) in [7, 11) is 0. The van der Waals surface area contributed by atoms with Gasteiger partial charge in [-0.1, -0.05) is 30.3 Å². The molecule has 0 fully saturated rings. The van der Waals surface area contributed by atoms with Gasteiger partial charge in [0.05, 0.1) is 0 Å². The highest BCUT2D eigenvalue weighted by atomic mass is 16.6. The van der Waals surface area contributed by atoms with Crippen molar-refractivity contribution in [2.75, 3.05) is 6.61 Å². The first-order valence-corrected chi connectivity index (χ1v) is 5.31. The average molecular weight is 219 g/mol. The molecule has 3 heteroatoms. The number of hydrogen-bond acceptors (Lipinski definition) is 3. The standard InChI is InChI=1S/C9H12O.C4H5NO/c10-8-4-7-9-5-2-1-3-6-9;1-2-4-6-5-3-1/h1-3,5-6,10H,4,7-8H2;1-5H. The number of aliphatic hydroxyl groups excluding tert-OH is 1. The van der Waals surface area contributed by atoms with Gasteiger partial charge in [-0.25, -0.2) is 5.48 Å². The van der Waals surface area contributed by atoms with Crippen molar-refractivity contribution in [3.8, 4) is 0 Å². The van der Waals surface area contributed by atoms with E-state index in [0.29, 0.717) is 0 Å². The Balaban J connectivity index is 0.000000181. The lowest BCUT2D eigenvalue weighted by Crippen LogP contribution is -2.01. The molecule has 0 spiro atoms. The number of rotatable bonds is 3. The Hall–Kier alpha value is -1.74. The second-order valence-corrected chi connectivity index (χ2v) is 3.24. The Morgan fingerprint density at radius 3 is 2.38 bits per heavy atom. The fourth-order valence-electron chi connectivity index (χ4n) is 1.19. The van der Waals surface area contributed by atoms with Crippen molar-refractivity contribution in [1.29, 1.82) is 0 Å². The molecule has 16 heavy (non-hydrogen) atoms. The van der Waals surface area contributed by atoms with Gasteiger partial charge in [-0.3, -0.25) is 0 Å². The molecule has 2 rings (SSSR count). The maximum Gasteiger partial charge on any atom is 0.119 e. The lowest BCUT2D eigenvalue weighted by atomic mass is 10.1. The minimum atomic E-state index is 0.287. The third-order valence-electron chi connectivity index (χ3n) is 1.96. The van der Waals surface area contributed by atoms with E-state index in [9.17, 15) is 0 Å². The Morgan fingerprint density at radius 2 is 1.94 bits per heavy atom. The predicted octanol–water partition coefficient (Wildman–Crippen LogP) is 2.16. The van der Waals surface area contributed by atoms with Gasteiger partial charge in [0, 0.05) is 12.8 Å². The van der Waals surface area contributed by atoms with Gasteiger partial charge in [0.15, 0.2) is 0 Å². The smallest absolute Gasteiger partial charge is 0.119 e. The minimum Gasteiger partial charge on any atom is -0.396 e. The molecule has 2 N–H and O–H groups in total. The van der Waals surface area contributed by atoms with Crippen molar-refractivity contribution >= 4 is 0 Å². The van der Waals surface area contributed by atoms with Crippen molar-refractivity contribution in [2.24, 2.45) is 0 Å². The van der Waals surface area contributed by atoms with Crippen LogP contribution >= 0.6 is 0 Å². The Morgan fingerprint density at radius 1 is 1.12 bits per heavy atom. The Bertz CT molecular complexity index is 308. The summed E-state index contributed by atoms with van der Waals surface area (Å²) in [5.41, 5.74) is 3.82. The summed E-state index contributed by atoms with van der Waals surface area (Å²) in [4.78, 5) is 4.55. The fourth-order valence-corrected chi connectivity index (χ4v) is 1.19. The van der Waals surface area contributed by atoms with Crippen molar-refractivity contribution in [1.82, 2.24) is 5.48 Å². The maximum atomic E-state index is 8.53. The zero-order chi connectivity index (χ0) is 11.5. The van der Waals surface area contributed by atoms with E-state index in [-0.39, 0.29) is 6.61 Å². The number of aryl methyl sites for hydroxylation is 1. The third kappa shape index (κ3) is 5.88. The van der Waals surface area contributed by atoms with E-state index in [1.807, 2.05) is 24.3 Å². The summed E-state index contributed by atoms with van der Waals surface area (Å²) in [5, 5.41) is 8.53. The summed E-state index contributed by atoms with van der Waals surface area (Å²) in [5.74, 6) is 0. The van der Waals surface area contributed by atoms with Gasteiger partial charge in [-0.15, -0.1) is 0 Å². The van der Waals surface area contributed by atoms with Gasteiger partial charge in [0.2, 0.25) is 0 Å². The van der Waals surface area contributed by atoms with Crippen LogP contribution in [0.4, 0.5) is 0 Å². The number of hydrogen-bond donors (Lipinski definition) is 2. The summed E-state index contributed by atoms with van der Waals surface area (Å²) >= 11 is 0. The molecule has 0 saturated heterocycles. The highest BCUT2D eigenvalue weighted by Crippen LogP contribution is 2.00. The van der Waals surface area contributed by atoms with E-state index in [0.717, 1.165) is 12.8 Å². The van der Waals surface area contributed by atoms with Gasteiger partial charge in [0.25, 0.3) is 0 Å². The highest BCUT2D eigenvalue weighted by Gasteiger charge is 1.88. The number of allylic oxidation sites excluding steroid dienone is 2. The molecule has 3 nitrogen and oxygen atoms in total. The molecular formula is C13H17NO2. The monoisotopic (exact) mass is 219 g/mol. The first kappa shape index (κ1) is 12.3. The lowest BCUT2D eigenvalue weighted by molar-refractivity contribution is 0.172. The van der Waals surface area contributed by atoms with Crippen LogP contribution < -0.4 is 5.48 Å². The van der Waals surface area contributed by atoms with Gasteiger partial charge >= 0.3 is 0 Å². The molecule has 1 aliphatic heterocycles. The van der Waals surface area contributed by atoms with Crippen LogP contribution in [0.3, 0.4) is 0 Å². The van der Waals surface area contributed by atoms with Crippen molar-refractivity contribution in [2.45, 2.75) is 12.8 Å². The second kappa shape index (κ2) is 8.56. The summed E-state index contributed by atoms with van der Waals surface area (Å²) in [6.45, 7) is 0.287. The third-order valence-corrected chi connectivity index (χ3v) is 1.96. The van der Waals surface area contributed by atoms with Crippen LogP contribution in [0.1, 0.15) is 12.0 Å². The molecule has 0 atom stereocenters. The normalized spacial score (nSPS) is 12.1. The zero-order valence-corrected chi connectivity index (χ0v) is 9.17. The van der Waals surface area contributed by atoms with Crippen LogP contribution in [0.25, 0.3) is 0 Å². The van der Waals surface area contributed by atoms with Gasteiger partial charge in [0.1, 0.15) is 6.26 Å². The average Bonchev–Trinajstić information content (AvgIpc) is 2.40. The Labute approximate surface area is 96.0 Å². The molecule has 1 aromatic rings. The molecule has 0 aliphatic carbocycles. The quantitative estimate of drug-likeness (QED) is 0.818. The summed E-state index contributed by atoms with van der Waals surface area (Å²) in [6, 6.07) is 10.2. The van der Waals surface area contributed by atoms with Crippen molar-refractivity contribution in [3.63, 3.8) is 0 Å². The van der Waals surface area contributed by atoms with E-state index < -0.39 is 0 Å². The molecule has 0 saturated carbocycles. The minimum absolute atomic E-state index is 0.287. The number of nitrogens with one attached hydrogen (secondary N) is 1. The van der Waals surface area contributed by atoms with Crippen LogP contribution in [0, 0.1) is 0 Å². The number of benzene rings is 1. The number of aliphatic hydroxyl groups is 1. The molecule has 1 aliphatic rings. The maximum absolute atomic E-state index is 8.53. The van der Waals surface area contributed by atoms with Gasteiger partial charge in [-0.2, -0.15) is 0 Å². The van der Waals surface area contributed by atoms with Crippen LogP contribution in [0.5, 0.6) is 0 Å². The van der Waals surface area contributed by atoms with Crippen LogP contribution in [0.15, 0.2) is 54.9 Å². The topological polar surface area (TPSA) is 41.5 Å². The first-order valence-electron chi connectivity index (χ1n) is 5.31. The molecule has 0 unspecified atom stereocenters. The SMILES string of the molecule is C1=CNOC=C1.OCCCc1ccccc1. The van der Waals surface area contributed by atoms with Crippen LogP contribution in [0.2, 0.25) is 0 Å². The molecule has 0 radical (unpaired) electrons.